The standard InChI is InChI=1S/C20H23ClN8O2/c1-11-7-6-10-13(21)14(11)22-16(30)17-27-28-20(31-17)26-18-23-15(12-8-4-5-9-12)24-19(25-18)29(2)3/h6-7,10,12H,4-5,8-9H2,1-3H3,(H,22,30)(H,23,24,25,26,28). The minimum absolute atomic E-state index is 0.00862. The first kappa shape index (κ1) is 21.0. The molecule has 31 heavy (non-hydrogen) atoms. The number of benzene rings is 1. The summed E-state index contributed by atoms with van der Waals surface area (Å²) in [7, 11) is 3.73. The molecule has 1 fully saturated rings. The second-order valence-corrected chi connectivity index (χ2v) is 8.02. The largest absolute Gasteiger partial charge is 0.399 e. The van der Waals surface area contributed by atoms with E-state index < -0.39 is 5.91 Å². The third-order valence-corrected chi connectivity index (χ3v) is 5.37. The van der Waals surface area contributed by atoms with Crippen LogP contribution >= 0.6 is 11.6 Å². The zero-order valence-corrected chi connectivity index (χ0v) is 18.3. The molecule has 11 heteroatoms. The lowest BCUT2D eigenvalue weighted by Crippen LogP contribution is -2.17. The first-order chi connectivity index (χ1) is 14.9. The number of aryl methyl sites for hydroxylation is 1. The highest BCUT2D eigenvalue weighted by Crippen LogP contribution is 2.33. The van der Waals surface area contributed by atoms with Gasteiger partial charge in [-0.15, -0.1) is 5.10 Å². The Morgan fingerprint density at radius 3 is 2.65 bits per heavy atom. The Morgan fingerprint density at radius 2 is 1.94 bits per heavy atom. The van der Waals surface area contributed by atoms with Crippen molar-refractivity contribution in [3.63, 3.8) is 0 Å². The zero-order chi connectivity index (χ0) is 22.0. The molecule has 0 unspecified atom stereocenters. The van der Waals surface area contributed by atoms with Crippen molar-refractivity contribution in [3.05, 3.63) is 40.5 Å². The summed E-state index contributed by atoms with van der Waals surface area (Å²) >= 11 is 6.16. The molecular weight excluding hydrogens is 420 g/mol. The van der Waals surface area contributed by atoms with E-state index in [1.54, 1.807) is 12.1 Å². The van der Waals surface area contributed by atoms with Crippen LogP contribution in [0.5, 0.6) is 0 Å². The normalized spacial score (nSPS) is 13.9. The van der Waals surface area contributed by atoms with Gasteiger partial charge in [0.1, 0.15) is 5.82 Å². The molecular formula is C20H23ClN8O2. The molecule has 1 aliphatic rings. The van der Waals surface area contributed by atoms with Crippen molar-refractivity contribution in [1.29, 1.82) is 0 Å². The molecule has 1 aliphatic carbocycles. The van der Waals surface area contributed by atoms with Gasteiger partial charge in [-0.1, -0.05) is 41.7 Å². The van der Waals surface area contributed by atoms with Gasteiger partial charge in [0, 0.05) is 20.0 Å². The number of carbonyl (C=O) groups is 1. The minimum atomic E-state index is -0.562. The topological polar surface area (TPSA) is 122 Å². The third kappa shape index (κ3) is 4.74. The van der Waals surface area contributed by atoms with Gasteiger partial charge in [0.15, 0.2) is 0 Å². The number of nitrogens with one attached hydrogen (secondary N) is 2. The van der Waals surface area contributed by atoms with Crippen LogP contribution in [0.4, 0.5) is 23.6 Å². The molecule has 162 valence electrons. The Bertz CT molecular complexity index is 1070. The van der Waals surface area contributed by atoms with Crippen LogP contribution in [0.2, 0.25) is 5.02 Å². The molecule has 0 aliphatic heterocycles. The lowest BCUT2D eigenvalue weighted by atomic mass is 10.1. The smallest absolute Gasteiger partial charge is 0.322 e. The third-order valence-electron chi connectivity index (χ3n) is 5.06. The summed E-state index contributed by atoms with van der Waals surface area (Å²) in [6, 6.07) is 5.34. The van der Waals surface area contributed by atoms with E-state index in [0.29, 0.717) is 22.6 Å². The van der Waals surface area contributed by atoms with Gasteiger partial charge in [-0.05, 0) is 31.4 Å². The summed E-state index contributed by atoms with van der Waals surface area (Å²) in [4.78, 5) is 27.8. The van der Waals surface area contributed by atoms with Crippen molar-refractivity contribution in [3.8, 4) is 0 Å². The monoisotopic (exact) mass is 442 g/mol. The molecule has 0 saturated heterocycles. The first-order valence-corrected chi connectivity index (χ1v) is 10.4. The summed E-state index contributed by atoms with van der Waals surface area (Å²) in [5.74, 6) is 1.10. The van der Waals surface area contributed by atoms with Gasteiger partial charge in [0.05, 0.1) is 10.7 Å². The van der Waals surface area contributed by atoms with Gasteiger partial charge >= 0.3 is 17.8 Å². The van der Waals surface area contributed by atoms with E-state index in [4.69, 9.17) is 16.0 Å². The molecule has 2 heterocycles. The highest BCUT2D eigenvalue weighted by atomic mass is 35.5. The molecule has 1 amide bonds. The number of para-hydroxylation sites is 1. The average molecular weight is 443 g/mol. The molecule has 0 radical (unpaired) electrons. The first-order valence-electron chi connectivity index (χ1n) is 10.0. The van der Waals surface area contributed by atoms with Crippen LogP contribution in [0.25, 0.3) is 0 Å². The van der Waals surface area contributed by atoms with Gasteiger partial charge in [-0.3, -0.25) is 10.1 Å². The number of halogens is 1. The van der Waals surface area contributed by atoms with Crippen LogP contribution in [-0.4, -0.2) is 45.2 Å². The Balaban J connectivity index is 1.52. The zero-order valence-electron chi connectivity index (χ0n) is 17.5. The number of amides is 1. The van der Waals surface area contributed by atoms with E-state index in [1.807, 2.05) is 32.0 Å². The molecule has 2 N–H and O–H groups in total. The maximum Gasteiger partial charge on any atom is 0.322 e. The number of hydrogen-bond acceptors (Lipinski definition) is 9. The number of nitrogens with zero attached hydrogens (tertiary/aromatic N) is 6. The molecule has 2 aromatic heterocycles. The quantitative estimate of drug-likeness (QED) is 0.584. The van der Waals surface area contributed by atoms with Crippen LogP contribution in [0.1, 0.15) is 53.7 Å². The van der Waals surface area contributed by atoms with Gasteiger partial charge < -0.3 is 14.6 Å². The fourth-order valence-corrected chi connectivity index (χ4v) is 3.69. The summed E-state index contributed by atoms with van der Waals surface area (Å²) in [5.41, 5.74) is 1.32. The molecule has 4 rings (SSSR count). The van der Waals surface area contributed by atoms with Crippen molar-refractivity contribution >= 4 is 41.1 Å². The second kappa shape index (κ2) is 8.84. The molecule has 0 spiro atoms. The van der Waals surface area contributed by atoms with Crippen molar-refractivity contribution in [2.75, 3.05) is 29.6 Å². The molecule has 1 aromatic carbocycles. The summed E-state index contributed by atoms with van der Waals surface area (Å²) in [5, 5.41) is 13.7. The van der Waals surface area contributed by atoms with Gasteiger partial charge in [-0.25, -0.2) is 0 Å². The Hall–Kier alpha value is -3.27. The highest BCUT2D eigenvalue weighted by molar-refractivity contribution is 6.34. The minimum Gasteiger partial charge on any atom is -0.399 e. The number of anilines is 4. The van der Waals surface area contributed by atoms with Crippen LogP contribution in [-0.2, 0) is 0 Å². The predicted octanol–water partition coefficient (Wildman–Crippen LogP) is 3.94. The summed E-state index contributed by atoms with van der Waals surface area (Å²) in [6.07, 6.45) is 4.46. The van der Waals surface area contributed by atoms with E-state index in [-0.39, 0.29) is 17.9 Å². The van der Waals surface area contributed by atoms with Crippen molar-refractivity contribution < 1.29 is 9.21 Å². The van der Waals surface area contributed by atoms with E-state index in [0.717, 1.165) is 24.2 Å². The highest BCUT2D eigenvalue weighted by Gasteiger charge is 2.23. The fraction of sp³-hybridized carbons (Fsp3) is 0.400. The number of carbonyl (C=O) groups excluding carboxylic acids is 1. The average Bonchev–Trinajstić information content (AvgIpc) is 3.43. The Morgan fingerprint density at radius 1 is 1.16 bits per heavy atom. The van der Waals surface area contributed by atoms with Gasteiger partial charge in [-0.2, -0.15) is 15.0 Å². The number of aromatic nitrogens is 5. The Labute approximate surface area is 184 Å². The van der Waals surface area contributed by atoms with E-state index in [1.165, 1.54) is 12.8 Å². The molecule has 0 bridgehead atoms. The Kier molecular flexibility index (Phi) is 5.99. The molecule has 1 saturated carbocycles. The summed E-state index contributed by atoms with van der Waals surface area (Å²) in [6.45, 7) is 1.84. The number of hydrogen-bond donors (Lipinski definition) is 2. The van der Waals surface area contributed by atoms with E-state index >= 15 is 0 Å². The van der Waals surface area contributed by atoms with Gasteiger partial charge in [0.25, 0.3) is 0 Å². The molecule has 3 aromatic rings. The SMILES string of the molecule is Cc1cccc(Cl)c1NC(=O)c1nnc(Nc2nc(C3CCCC3)nc(N(C)C)n2)o1. The van der Waals surface area contributed by atoms with Crippen molar-refractivity contribution in [2.24, 2.45) is 0 Å². The maximum absolute atomic E-state index is 12.5. The van der Waals surface area contributed by atoms with Gasteiger partial charge in [0.2, 0.25) is 11.9 Å². The van der Waals surface area contributed by atoms with E-state index in [9.17, 15) is 4.79 Å². The van der Waals surface area contributed by atoms with Crippen molar-refractivity contribution in [1.82, 2.24) is 25.1 Å². The number of rotatable bonds is 6. The van der Waals surface area contributed by atoms with Crippen LogP contribution in [0.3, 0.4) is 0 Å². The van der Waals surface area contributed by atoms with Crippen LogP contribution in [0, 0.1) is 6.92 Å². The van der Waals surface area contributed by atoms with Crippen molar-refractivity contribution in [2.45, 2.75) is 38.5 Å². The lowest BCUT2D eigenvalue weighted by Gasteiger charge is -2.15. The summed E-state index contributed by atoms with van der Waals surface area (Å²) < 4.78 is 5.46. The fourth-order valence-electron chi connectivity index (χ4n) is 3.42. The van der Waals surface area contributed by atoms with Crippen LogP contribution in [0.15, 0.2) is 22.6 Å². The molecule has 0 atom stereocenters. The van der Waals surface area contributed by atoms with E-state index in [2.05, 4.69) is 35.8 Å². The predicted molar refractivity (Wildman–Crippen MR) is 117 cm³/mol. The lowest BCUT2D eigenvalue weighted by molar-refractivity contribution is 0.0991. The van der Waals surface area contributed by atoms with Crippen LogP contribution < -0.4 is 15.5 Å². The maximum atomic E-state index is 12.5. The second-order valence-electron chi connectivity index (χ2n) is 7.62. The molecule has 10 nitrogen and oxygen atoms in total.